The Morgan fingerprint density at radius 3 is 2.76 bits per heavy atom. The van der Waals surface area contributed by atoms with Gasteiger partial charge in [0.2, 0.25) is 11.8 Å². The standard InChI is InChI=1S/C19H19ClF3N3O3/c20-12-5-6-15(14(9-12)19(21,22)23)25-17(27)11-26-7-1-4-16(26)18(28)24-10-13-3-2-8-29-13/h2-3,5-6,8-9,16H,1,4,7,10-11H2,(H,24,28)(H,25,27)/t16-/m0/s1. The number of likely N-dealkylation sites (tertiary alicyclic amines) is 1. The van der Waals surface area contributed by atoms with Gasteiger partial charge in [-0.1, -0.05) is 11.6 Å². The van der Waals surface area contributed by atoms with Crippen molar-refractivity contribution in [1.82, 2.24) is 10.2 Å². The quantitative estimate of drug-likeness (QED) is 0.734. The number of hydrogen-bond acceptors (Lipinski definition) is 4. The largest absolute Gasteiger partial charge is 0.467 e. The van der Waals surface area contributed by atoms with Crippen molar-refractivity contribution in [3.8, 4) is 0 Å². The summed E-state index contributed by atoms with van der Waals surface area (Å²) in [6, 6.07) is 6.05. The van der Waals surface area contributed by atoms with Gasteiger partial charge in [-0.25, -0.2) is 0 Å². The number of halogens is 4. The van der Waals surface area contributed by atoms with Crippen LogP contribution in [0.3, 0.4) is 0 Å². The SMILES string of the molecule is O=C(CN1CCC[C@H]1C(=O)NCc1ccco1)Nc1ccc(Cl)cc1C(F)(F)F. The molecule has 0 bridgehead atoms. The number of nitrogens with one attached hydrogen (secondary N) is 2. The van der Waals surface area contributed by atoms with Crippen LogP contribution in [-0.4, -0.2) is 35.8 Å². The van der Waals surface area contributed by atoms with Crippen molar-refractivity contribution in [2.75, 3.05) is 18.4 Å². The minimum atomic E-state index is -4.66. The lowest BCUT2D eigenvalue weighted by atomic mass is 10.1. The molecule has 1 aliphatic rings. The molecule has 1 saturated heterocycles. The van der Waals surface area contributed by atoms with Gasteiger partial charge < -0.3 is 15.1 Å². The molecule has 1 aliphatic heterocycles. The number of alkyl halides is 3. The van der Waals surface area contributed by atoms with Gasteiger partial charge in [-0.05, 0) is 49.7 Å². The van der Waals surface area contributed by atoms with Crippen LogP contribution in [0, 0.1) is 0 Å². The molecule has 156 valence electrons. The van der Waals surface area contributed by atoms with Crippen molar-refractivity contribution in [2.45, 2.75) is 31.6 Å². The van der Waals surface area contributed by atoms with Crippen LogP contribution in [0.15, 0.2) is 41.0 Å². The first-order valence-corrected chi connectivity index (χ1v) is 9.32. The van der Waals surface area contributed by atoms with E-state index in [1.54, 1.807) is 17.0 Å². The fourth-order valence-corrected chi connectivity index (χ4v) is 3.42. The molecule has 6 nitrogen and oxygen atoms in total. The zero-order valence-electron chi connectivity index (χ0n) is 15.3. The average Bonchev–Trinajstić information content (AvgIpc) is 3.32. The predicted octanol–water partition coefficient (Wildman–Crippen LogP) is 3.67. The van der Waals surface area contributed by atoms with E-state index in [0.717, 1.165) is 12.1 Å². The molecule has 3 rings (SSSR count). The van der Waals surface area contributed by atoms with Crippen molar-refractivity contribution >= 4 is 29.1 Å². The third-order valence-corrected chi connectivity index (χ3v) is 4.83. The van der Waals surface area contributed by atoms with Gasteiger partial charge in [0.15, 0.2) is 0 Å². The molecule has 2 aromatic rings. The van der Waals surface area contributed by atoms with Gasteiger partial charge in [-0.3, -0.25) is 14.5 Å². The molecule has 2 heterocycles. The van der Waals surface area contributed by atoms with E-state index in [1.165, 1.54) is 12.3 Å². The normalized spacial score (nSPS) is 17.3. The Morgan fingerprint density at radius 1 is 1.28 bits per heavy atom. The summed E-state index contributed by atoms with van der Waals surface area (Å²) in [4.78, 5) is 26.4. The van der Waals surface area contributed by atoms with E-state index < -0.39 is 23.7 Å². The molecule has 1 atom stereocenters. The van der Waals surface area contributed by atoms with Gasteiger partial charge >= 0.3 is 6.18 Å². The maximum Gasteiger partial charge on any atom is 0.418 e. The van der Waals surface area contributed by atoms with E-state index in [0.29, 0.717) is 25.1 Å². The molecule has 10 heteroatoms. The van der Waals surface area contributed by atoms with Gasteiger partial charge in [0.1, 0.15) is 5.76 Å². The Labute approximate surface area is 170 Å². The Balaban J connectivity index is 1.60. The first-order chi connectivity index (χ1) is 13.7. The molecular formula is C19H19ClF3N3O3. The molecule has 1 aromatic heterocycles. The lowest BCUT2D eigenvalue weighted by Crippen LogP contribution is -2.45. The van der Waals surface area contributed by atoms with E-state index in [-0.39, 0.29) is 29.7 Å². The van der Waals surface area contributed by atoms with Crippen molar-refractivity contribution in [1.29, 1.82) is 0 Å². The summed E-state index contributed by atoms with van der Waals surface area (Å²) in [6.07, 6.45) is -1.89. The van der Waals surface area contributed by atoms with E-state index in [4.69, 9.17) is 16.0 Å². The summed E-state index contributed by atoms with van der Waals surface area (Å²) in [6.45, 7) is 0.528. The lowest BCUT2D eigenvalue weighted by Gasteiger charge is -2.23. The van der Waals surface area contributed by atoms with E-state index in [2.05, 4.69) is 10.6 Å². The maximum atomic E-state index is 13.2. The van der Waals surface area contributed by atoms with E-state index in [9.17, 15) is 22.8 Å². The number of rotatable bonds is 6. The molecule has 1 fully saturated rings. The van der Waals surface area contributed by atoms with Gasteiger partial charge in [0.25, 0.3) is 0 Å². The van der Waals surface area contributed by atoms with Crippen LogP contribution < -0.4 is 10.6 Å². The van der Waals surface area contributed by atoms with Gasteiger partial charge in [-0.2, -0.15) is 13.2 Å². The Morgan fingerprint density at radius 2 is 2.07 bits per heavy atom. The van der Waals surface area contributed by atoms with Crippen LogP contribution in [0.5, 0.6) is 0 Å². The molecule has 1 aromatic carbocycles. The highest BCUT2D eigenvalue weighted by molar-refractivity contribution is 6.30. The number of amides is 2. The fraction of sp³-hybridized carbons (Fsp3) is 0.368. The van der Waals surface area contributed by atoms with E-state index in [1.807, 2.05) is 0 Å². The average molecular weight is 430 g/mol. The monoisotopic (exact) mass is 429 g/mol. The lowest BCUT2D eigenvalue weighted by molar-refractivity contribution is -0.137. The number of carbonyl (C=O) groups excluding carboxylic acids is 2. The highest BCUT2D eigenvalue weighted by atomic mass is 35.5. The molecule has 29 heavy (non-hydrogen) atoms. The van der Waals surface area contributed by atoms with Crippen LogP contribution in [0.25, 0.3) is 0 Å². The topological polar surface area (TPSA) is 74.6 Å². The molecule has 0 spiro atoms. The molecular weight excluding hydrogens is 411 g/mol. The van der Waals surface area contributed by atoms with Crippen LogP contribution in [0.2, 0.25) is 5.02 Å². The first kappa shape index (κ1) is 21.2. The zero-order valence-corrected chi connectivity index (χ0v) is 16.0. The smallest absolute Gasteiger partial charge is 0.418 e. The van der Waals surface area contributed by atoms with Gasteiger partial charge in [-0.15, -0.1) is 0 Å². The zero-order chi connectivity index (χ0) is 21.0. The Bertz CT molecular complexity index is 871. The molecule has 0 unspecified atom stereocenters. The van der Waals surface area contributed by atoms with Gasteiger partial charge in [0, 0.05) is 5.02 Å². The van der Waals surface area contributed by atoms with E-state index >= 15 is 0 Å². The summed E-state index contributed by atoms with van der Waals surface area (Å²) in [5.41, 5.74) is -1.39. The number of benzene rings is 1. The highest BCUT2D eigenvalue weighted by Crippen LogP contribution is 2.36. The first-order valence-electron chi connectivity index (χ1n) is 8.95. The number of furan rings is 1. The molecule has 0 saturated carbocycles. The maximum absolute atomic E-state index is 13.2. The number of hydrogen-bond donors (Lipinski definition) is 2. The third-order valence-electron chi connectivity index (χ3n) is 4.59. The number of carbonyl (C=O) groups is 2. The highest BCUT2D eigenvalue weighted by Gasteiger charge is 2.35. The Hall–Kier alpha value is -2.52. The molecule has 0 radical (unpaired) electrons. The molecule has 2 amide bonds. The molecule has 0 aliphatic carbocycles. The van der Waals surface area contributed by atoms with Crippen molar-refractivity contribution in [3.63, 3.8) is 0 Å². The summed E-state index contributed by atoms with van der Waals surface area (Å²) in [5.74, 6) is -0.291. The summed E-state index contributed by atoms with van der Waals surface area (Å²) in [5, 5.41) is 4.94. The minimum absolute atomic E-state index is 0.0804. The Kier molecular flexibility index (Phi) is 6.49. The van der Waals surface area contributed by atoms with Crippen LogP contribution >= 0.6 is 11.6 Å². The second-order valence-electron chi connectivity index (χ2n) is 6.66. The number of nitrogens with zero attached hydrogens (tertiary/aromatic N) is 1. The second-order valence-corrected chi connectivity index (χ2v) is 7.10. The summed E-state index contributed by atoms with van der Waals surface area (Å²) >= 11 is 5.65. The van der Waals surface area contributed by atoms with Crippen LogP contribution in [0.1, 0.15) is 24.2 Å². The minimum Gasteiger partial charge on any atom is -0.467 e. The number of anilines is 1. The van der Waals surface area contributed by atoms with Crippen molar-refractivity contribution in [3.05, 3.63) is 52.9 Å². The van der Waals surface area contributed by atoms with Crippen LogP contribution in [-0.2, 0) is 22.3 Å². The van der Waals surface area contributed by atoms with Crippen molar-refractivity contribution < 1.29 is 27.2 Å². The third kappa shape index (κ3) is 5.51. The molecule has 2 N–H and O–H groups in total. The van der Waals surface area contributed by atoms with Gasteiger partial charge in [0.05, 0.1) is 36.6 Å². The summed E-state index contributed by atoms with van der Waals surface area (Å²) in [7, 11) is 0. The summed E-state index contributed by atoms with van der Waals surface area (Å²) < 4.78 is 44.7. The van der Waals surface area contributed by atoms with Crippen LogP contribution in [0.4, 0.5) is 18.9 Å². The fourth-order valence-electron chi connectivity index (χ4n) is 3.25. The van der Waals surface area contributed by atoms with Crippen molar-refractivity contribution in [2.24, 2.45) is 0 Å². The second kappa shape index (κ2) is 8.87. The predicted molar refractivity (Wildman–Crippen MR) is 100 cm³/mol.